The van der Waals surface area contributed by atoms with Gasteiger partial charge in [-0.1, -0.05) is 37.2 Å². The molecule has 0 amide bonds. The fraction of sp³-hybridized carbons (Fsp3) is 0.250. The van der Waals surface area contributed by atoms with Crippen LogP contribution in [0.5, 0.6) is 0 Å². The zero-order chi connectivity index (χ0) is 20.7. The number of halogens is 1. The Balaban J connectivity index is 1.83. The number of nitrogens with one attached hydrogen (secondary N) is 1. The molecule has 29 heavy (non-hydrogen) atoms. The summed E-state index contributed by atoms with van der Waals surface area (Å²) in [5.41, 5.74) is 5.72. The van der Waals surface area contributed by atoms with E-state index in [1.165, 1.54) is 16.0 Å². The first-order valence-corrected chi connectivity index (χ1v) is 10.9. The molecule has 1 aliphatic heterocycles. The van der Waals surface area contributed by atoms with Gasteiger partial charge in [0.25, 0.3) is 0 Å². The van der Waals surface area contributed by atoms with Gasteiger partial charge in [0.1, 0.15) is 0 Å². The van der Waals surface area contributed by atoms with Crippen molar-refractivity contribution in [3.63, 3.8) is 0 Å². The number of rotatable bonds is 4. The number of nitrogens with zero attached hydrogens (tertiary/aromatic N) is 1. The van der Waals surface area contributed by atoms with E-state index in [1.807, 2.05) is 44.3 Å². The Morgan fingerprint density at radius 1 is 1.17 bits per heavy atom. The van der Waals surface area contributed by atoms with Crippen LogP contribution in [0, 0.1) is 19.8 Å². The topological polar surface area (TPSA) is 34.5 Å². The molecule has 1 aromatic heterocycles. The first-order valence-electron chi connectivity index (χ1n) is 9.74. The van der Waals surface area contributed by atoms with E-state index in [0.717, 1.165) is 27.2 Å². The van der Waals surface area contributed by atoms with Gasteiger partial charge in [-0.2, -0.15) is 0 Å². The van der Waals surface area contributed by atoms with Crippen LogP contribution in [-0.4, -0.2) is 12.3 Å². The first kappa shape index (κ1) is 20.0. The van der Waals surface area contributed by atoms with Crippen molar-refractivity contribution in [1.82, 2.24) is 0 Å². The largest absolute Gasteiger partial charge is 0.327 e. The molecule has 0 fully saturated rings. The van der Waals surface area contributed by atoms with Gasteiger partial charge in [0, 0.05) is 28.0 Å². The maximum Gasteiger partial charge on any atom is 0.211 e. The molecule has 0 unspecified atom stereocenters. The highest BCUT2D eigenvalue weighted by Gasteiger charge is 2.28. The van der Waals surface area contributed by atoms with Crippen LogP contribution < -0.4 is 9.88 Å². The molecule has 1 N–H and O–H groups in total. The summed E-state index contributed by atoms with van der Waals surface area (Å²) < 4.78 is 0. The fourth-order valence-corrected chi connectivity index (χ4v) is 4.78. The quantitative estimate of drug-likeness (QED) is 0.511. The molecule has 5 heteroatoms. The van der Waals surface area contributed by atoms with Crippen LogP contribution in [0.15, 0.2) is 52.5 Å². The Kier molecular flexibility index (Phi) is 5.41. The van der Waals surface area contributed by atoms with E-state index in [2.05, 4.69) is 41.9 Å². The van der Waals surface area contributed by atoms with Crippen LogP contribution in [0.3, 0.4) is 0 Å². The number of carbonyl (C=O) groups excluding carboxylic acids is 1. The van der Waals surface area contributed by atoms with Crippen molar-refractivity contribution in [2.24, 2.45) is 5.92 Å². The van der Waals surface area contributed by atoms with Gasteiger partial charge in [0.05, 0.1) is 22.6 Å². The van der Waals surface area contributed by atoms with E-state index in [1.54, 1.807) is 11.8 Å². The predicted octanol–water partition coefficient (Wildman–Crippen LogP) is 6.06. The summed E-state index contributed by atoms with van der Waals surface area (Å²) in [4.78, 5) is 19.2. The van der Waals surface area contributed by atoms with E-state index in [0.29, 0.717) is 11.6 Å². The van der Waals surface area contributed by atoms with E-state index < -0.39 is 0 Å². The Morgan fingerprint density at radius 3 is 2.69 bits per heavy atom. The van der Waals surface area contributed by atoms with Crippen molar-refractivity contribution < 1.29 is 9.78 Å². The second kappa shape index (κ2) is 7.85. The lowest BCUT2D eigenvalue weighted by Gasteiger charge is -2.21. The molecule has 0 aliphatic carbocycles. The van der Waals surface area contributed by atoms with Gasteiger partial charge in [-0.05, 0) is 60.9 Å². The molecule has 2 heterocycles. The maximum atomic E-state index is 12.6. The SMILES string of the molecule is Cc1cc2c(cc1C)N(CC(=O)C(C)C)/C(=C/c1cc[nH+]c3ccc(Cl)cc13)S2. The van der Waals surface area contributed by atoms with Gasteiger partial charge in [-0.3, -0.25) is 4.79 Å². The van der Waals surface area contributed by atoms with E-state index in [9.17, 15) is 4.79 Å². The monoisotopic (exact) mass is 423 g/mol. The van der Waals surface area contributed by atoms with Gasteiger partial charge in [0.2, 0.25) is 5.52 Å². The van der Waals surface area contributed by atoms with Crippen molar-refractivity contribution in [2.45, 2.75) is 32.6 Å². The van der Waals surface area contributed by atoms with E-state index >= 15 is 0 Å². The Hall–Kier alpha value is -2.30. The lowest BCUT2D eigenvalue weighted by atomic mass is 10.1. The van der Waals surface area contributed by atoms with Crippen LogP contribution in [0.4, 0.5) is 5.69 Å². The lowest BCUT2D eigenvalue weighted by molar-refractivity contribution is -0.344. The molecule has 0 saturated carbocycles. The number of hydrogen-bond donors (Lipinski definition) is 0. The van der Waals surface area contributed by atoms with E-state index in [4.69, 9.17) is 11.6 Å². The minimum absolute atomic E-state index is 0.00260. The maximum absolute atomic E-state index is 12.6. The number of fused-ring (bicyclic) bond motifs is 2. The fourth-order valence-electron chi connectivity index (χ4n) is 3.41. The number of aryl methyl sites for hydroxylation is 2. The molecule has 0 radical (unpaired) electrons. The summed E-state index contributed by atoms with van der Waals surface area (Å²) in [6.45, 7) is 8.54. The number of aromatic amines is 1. The van der Waals surface area contributed by atoms with Crippen molar-refractivity contribution >= 4 is 51.8 Å². The van der Waals surface area contributed by atoms with E-state index in [-0.39, 0.29) is 11.7 Å². The molecule has 1 aliphatic rings. The second-order valence-electron chi connectivity index (χ2n) is 7.82. The third kappa shape index (κ3) is 3.92. The second-order valence-corrected chi connectivity index (χ2v) is 9.32. The number of thioether (sulfide) groups is 1. The summed E-state index contributed by atoms with van der Waals surface area (Å²) >= 11 is 7.97. The zero-order valence-corrected chi connectivity index (χ0v) is 18.6. The van der Waals surface area contributed by atoms with Crippen molar-refractivity contribution in [1.29, 1.82) is 0 Å². The predicted molar refractivity (Wildman–Crippen MR) is 122 cm³/mol. The van der Waals surface area contributed by atoms with Crippen LogP contribution in [0.2, 0.25) is 5.02 Å². The third-order valence-corrected chi connectivity index (χ3v) is 6.71. The molecule has 148 valence electrons. The number of aromatic nitrogens is 1. The summed E-state index contributed by atoms with van der Waals surface area (Å²) in [6, 6.07) is 12.3. The number of hydrogen-bond acceptors (Lipinski definition) is 3. The summed E-state index contributed by atoms with van der Waals surface area (Å²) in [6.07, 6.45) is 4.10. The molecule has 2 aromatic carbocycles. The average Bonchev–Trinajstić information content (AvgIpc) is 2.98. The molecule has 3 aromatic rings. The number of H-pyrrole nitrogens is 1. The minimum Gasteiger partial charge on any atom is -0.327 e. The number of Topliss-reactive ketones (excluding diaryl/α,β-unsaturated/α-hetero) is 1. The van der Waals surface area contributed by atoms with Crippen molar-refractivity contribution in [3.05, 3.63) is 69.3 Å². The Labute approximate surface area is 180 Å². The third-order valence-electron chi connectivity index (χ3n) is 5.38. The van der Waals surface area contributed by atoms with Gasteiger partial charge in [0.15, 0.2) is 12.0 Å². The van der Waals surface area contributed by atoms with Crippen molar-refractivity contribution in [3.8, 4) is 0 Å². The highest BCUT2D eigenvalue weighted by molar-refractivity contribution is 8.03. The number of anilines is 1. The Bertz CT molecular complexity index is 1150. The molecule has 0 saturated heterocycles. The number of carbonyl (C=O) groups is 1. The minimum atomic E-state index is 0.00260. The van der Waals surface area contributed by atoms with Crippen LogP contribution in [0.1, 0.15) is 30.5 Å². The summed E-state index contributed by atoms with van der Waals surface area (Å²) in [5.74, 6) is 0.236. The van der Waals surface area contributed by atoms with Crippen molar-refractivity contribution in [2.75, 3.05) is 11.4 Å². The van der Waals surface area contributed by atoms with Crippen LogP contribution in [-0.2, 0) is 4.79 Å². The number of ketones is 1. The smallest absolute Gasteiger partial charge is 0.211 e. The molecular formula is C24H24ClN2OS+. The Morgan fingerprint density at radius 2 is 1.93 bits per heavy atom. The van der Waals surface area contributed by atoms with Gasteiger partial charge in [-0.25, -0.2) is 4.98 Å². The molecule has 4 rings (SSSR count). The average molecular weight is 424 g/mol. The zero-order valence-electron chi connectivity index (χ0n) is 17.0. The van der Waals surface area contributed by atoms with Gasteiger partial charge < -0.3 is 4.90 Å². The standard InChI is InChI=1S/C24H23ClN2OS/c1-14(2)22(28)13-27-21-9-15(3)16(4)10-23(21)29-24(27)11-17-7-8-26-20-6-5-18(25)12-19(17)20/h5-12,14H,13H2,1-4H3/p+1/b24-11-. The highest BCUT2D eigenvalue weighted by atomic mass is 35.5. The first-order chi connectivity index (χ1) is 13.8. The van der Waals surface area contributed by atoms with Gasteiger partial charge >= 0.3 is 0 Å². The normalized spacial score (nSPS) is 14.8. The van der Waals surface area contributed by atoms with Gasteiger partial charge in [-0.15, -0.1) is 0 Å². The summed E-state index contributed by atoms with van der Waals surface area (Å²) in [5, 5.41) is 2.83. The molecule has 3 nitrogen and oxygen atoms in total. The molecule has 0 bridgehead atoms. The van der Waals surface area contributed by atoms with Crippen LogP contribution >= 0.6 is 23.4 Å². The summed E-state index contributed by atoms with van der Waals surface area (Å²) in [7, 11) is 0. The molecule has 0 atom stereocenters. The molecular weight excluding hydrogens is 400 g/mol. The molecule has 0 spiro atoms. The number of pyridine rings is 1. The number of benzene rings is 2. The van der Waals surface area contributed by atoms with Crippen LogP contribution in [0.25, 0.3) is 17.0 Å². The highest BCUT2D eigenvalue weighted by Crippen LogP contribution is 2.48. The lowest BCUT2D eigenvalue weighted by Crippen LogP contribution is -2.28.